The van der Waals surface area contributed by atoms with Gasteiger partial charge in [0, 0.05) is 12.4 Å². The van der Waals surface area contributed by atoms with Gasteiger partial charge in [-0.05, 0) is 12.1 Å². The largest absolute Gasteiger partial charge is 0.481 e. The Kier molecular flexibility index (Phi) is 6.34. The van der Waals surface area contributed by atoms with Gasteiger partial charge in [-0.15, -0.1) is 0 Å². The van der Waals surface area contributed by atoms with Crippen LogP contribution in [0.2, 0.25) is 0 Å². The highest BCUT2D eigenvalue weighted by molar-refractivity contribution is 5.81. The highest BCUT2D eigenvalue weighted by atomic mass is 16.4. The molecule has 0 aliphatic heterocycles. The van der Waals surface area contributed by atoms with E-state index in [0.717, 1.165) is 0 Å². The molecule has 0 aliphatic carbocycles. The molecule has 0 saturated carbocycles. The fraction of sp³-hybridized carbons (Fsp3) is 0.125. The number of aromatic nitrogens is 1. The van der Waals surface area contributed by atoms with Crippen molar-refractivity contribution in [2.45, 2.75) is 6.42 Å². The molecule has 1 aromatic heterocycles. The maximum atomic E-state index is 9.37. The van der Waals surface area contributed by atoms with Gasteiger partial charge >= 0.3 is 5.97 Å². The first-order valence-corrected chi connectivity index (χ1v) is 3.27. The molecule has 0 bridgehead atoms. The quantitative estimate of drug-likeness (QED) is 0.521. The molecule has 1 aromatic rings. The van der Waals surface area contributed by atoms with Crippen LogP contribution in [0.4, 0.5) is 0 Å². The Morgan fingerprint density at radius 3 is 2.00 bits per heavy atom. The summed E-state index contributed by atoms with van der Waals surface area (Å²) in [5.74, 6) is -1.08. The fourth-order valence-corrected chi connectivity index (χ4v) is 0.384. The molecule has 0 amide bonds. The topological polar surface area (TPSA) is 67.3 Å². The molecule has 0 fully saturated rings. The monoisotopic (exact) mass is 167 g/mol. The summed E-state index contributed by atoms with van der Waals surface area (Å²) in [5.41, 5.74) is 0. The zero-order valence-corrected chi connectivity index (χ0v) is 6.38. The summed E-state index contributed by atoms with van der Waals surface area (Å²) in [6, 6.07) is 5.72. The average molecular weight is 167 g/mol. The summed E-state index contributed by atoms with van der Waals surface area (Å²) in [6.45, 7) is 0. The second-order valence-electron chi connectivity index (χ2n) is 1.79. The van der Waals surface area contributed by atoms with E-state index in [1.807, 2.05) is 18.2 Å². The van der Waals surface area contributed by atoms with Gasteiger partial charge in [0.1, 0.15) is 12.7 Å². The van der Waals surface area contributed by atoms with Crippen molar-refractivity contribution < 1.29 is 14.7 Å². The molecular formula is C8H9NO3. The zero-order valence-electron chi connectivity index (χ0n) is 6.38. The Morgan fingerprint density at radius 2 is 1.92 bits per heavy atom. The van der Waals surface area contributed by atoms with Crippen molar-refractivity contribution in [2.24, 2.45) is 0 Å². The Morgan fingerprint density at radius 1 is 1.33 bits per heavy atom. The molecule has 1 heterocycles. The van der Waals surface area contributed by atoms with Gasteiger partial charge in [-0.3, -0.25) is 9.78 Å². The number of carboxylic acids is 1. The maximum absolute atomic E-state index is 9.37. The van der Waals surface area contributed by atoms with E-state index >= 15 is 0 Å². The first-order chi connectivity index (χ1) is 5.77. The summed E-state index contributed by atoms with van der Waals surface area (Å²) in [7, 11) is 0. The van der Waals surface area contributed by atoms with E-state index in [9.17, 15) is 9.59 Å². The van der Waals surface area contributed by atoms with Crippen molar-refractivity contribution in [1.82, 2.24) is 4.98 Å². The lowest BCUT2D eigenvalue weighted by Crippen LogP contribution is -1.92. The van der Waals surface area contributed by atoms with Gasteiger partial charge in [0.05, 0.1) is 0 Å². The minimum Gasteiger partial charge on any atom is -0.481 e. The standard InChI is InChI=1S/C5H5N.C3H4O3/c1-2-4-6-5-3-1;4-2-1-3(5)6/h1-5H;2H,1H2,(H,5,6). The lowest BCUT2D eigenvalue weighted by molar-refractivity contribution is -0.138. The molecular weight excluding hydrogens is 158 g/mol. The third kappa shape index (κ3) is 8.29. The molecule has 12 heavy (non-hydrogen) atoms. The SMILES string of the molecule is O=CCC(=O)O.c1ccncc1. The van der Waals surface area contributed by atoms with Crippen LogP contribution in [0.15, 0.2) is 30.6 Å². The van der Waals surface area contributed by atoms with Crippen LogP contribution >= 0.6 is 0 Å². The van der Waals surface area contributed by atoms with Gasteiger partial charge in [-0.25, -0.2) is 0 Å². The van der Waals surface area contributed by atoms with E-state index in [-0.39, 0.29) is 6.42 Å². The second-order valence-corrected chi connectivity index (χ2v) is 1.79. The Labute approximate surface area is 69.9 Å². The van der Waals surface area contributed by atoms with E-state index < -0.39 is 5.97 Å². The average Bonchev–Trinajstić information content (AvgIpc) is 2.08. The summed E-state index contributed by atoms with van der Waals surface area (Å²) >= 11 is 0. The Hall–Kier alpha value is -1.71. The van der Waals surface area contributed by atoms with E-state index in [1.54, 1.807) is 12.4 Å². The van der Waals surface area contributed by atoms with Gasteiger partial charge in [0.15, 0.2) is 0 Å². The lowest BCUT2D eigenvalue weighted by atomic mass is 10.5. The van der Waals surface area contributed by atoms with Gasteiger partial charge in [0.25, 0.3) is 0 Å². The number of carbonyl (C=O) groups excluding carboxylic acids is 1. The van der Waals surface area contributed by atoms with Crippen molar-refractivity contribution in [3.8, 4) is 0 Å². The summed E-state index contributed by atoms with van der Waals surface area (Å²) < 4.78 is 0. The number of aliphatic carboxylic acids is 1. The Bertz CT molecular complexity index is 196. The molecule has 0 aromatic carbocycles. The molecule has 0 atom stereocenters. The van der Waals surface area contributed by atoms with Crippen LogP contribution in [-0.4, -0.2) is 22.3 Å². The van der Waals surface area contributed by atoms with Crippen molar-refractivity contribution in [1.29, 1.82) is 0 Å². The number of carboxylic acid groups (broad SMARTS) is 1. The van der Waals surface area contributed by atoms with E-state index in [1.165, 1.54) is 0 Å². The third-order valence-electron chi connectivity index (χ3n) is 0.824. The van der Waals surface area contributed by atoms with Gasteiger partial charge in [-0.1, -0.05) is 6.07 Å². The molecule has 64 valence electrons. The third-order valence-corrected chi connectivity index (χ3v) is 0.824. The molecule has 1 N–H and O–H groups in total. The van der Waals surface area contributed by atoms with Crippen LogP contribution in [0.3, 0.4) is 0 Å². The highest BCUT2D eigenvalue weighted by Gasteiger charge is 1.87. The second kappa shape index (κ2) is 7.40. The number of hydrogen-bond acceptors (Lipinski definition) is 3. The van der Waals surface area contributed by atoms with Crippen LogP contribution in [0.5, 0.6) is 0 Å². The molecule has 0 radical (unpaired) electrons. The number of rotatable bonds is 2. The predicted octanol–water partition coefficient (Wildman–Crippen LogP) is 0.742. The van der Waals surface area contributed by atoms with Gasteiger partial charge < -0.3 is 9.90 Å². The zero-order chi connectivity index (χ0) is 9.23. The van der Waals surface area contributed by atoms with Crippen LogP contribution < -0.4 is 0 Å². The number of hydrogen-bond donors (Lipinski definition) is 1. The van der Waals surface area contributed by atoms with Crippen LogP contribution in [0.25, 0.3) is 0 Å². The minimum atomic E-state index is -1.08. The first kappa shape index (κ1) is 10.3. The maximum Gasteiger partial charge on any atom is 0.310 e. The fourth-order valence-electron chi connectivity index (χ4n) is 0.384. The summed E-state index contributed by atoms with van der Waals surface area (Å²) in [5, 5.41) is 7.68. The highest BCUT2D eigenvalue weighted by Crippen LogP contribution is 1.73. The minimum absolute atomic E-state index is 0.350. The lowest BCUT2D eigenvalue weighted by Gasteiger charge is -1.71. The first-order valence-electron chi connectivity index (χ1n) is 3.27. The summed E-state index contributed by atoms with van der Waals surface area (Å²) in [6.07, 6.45) is 3.46. The molecule has 4 nitrogen and oxygen atoms in total. The van der Waals surface area contributed by atoms with Crippen molar-refractivity contribution in [3.63, 3.8) is 0 Å². The number of nitrogens with zero attached hydrogens (tertiary/aromatic N) is 1. The van der Waals surface area contributed by atoms with E-state index in [2.05, 4.69) is 4.98 Å². The molecule has 0 unspecified atom stereocenters. The van der Waals surface area contributed by atoms with E-state index in [0.29, 0.717) is 6.29 Å². The molecule has 0 aliphatic rings. The normalized spacial score (nSPS) is 7.67. The van der Waals surface area contributed by atoms with Crippen LogP contribution in [0.1, 0.15) is 6.42 Å². The number of carbonyl (C=O) groups is 2. The van der Waals surface area contributed by atoms with Gasteiger partial charge in [0.2, 0.25) is 0 Å². The van der Waals surface area contributed by atoms with Crippen molar-refractivity contribution >= 4 is 12.3 Å². The molecule has 0 spiro atoms. The number of aldehydes is 1. The molecule has 4 heteroatoms. The Balaban J connectivity index is 0.000000202. The van der Waals surface area contributed by atoms with Crippen molar-refractivity contribution in [3.05, 3.63) is 30.6 Å². The summed E-state index contributed by atoms with van der Waals surface area (Å²) in [4.78, 5) is 22.4. The molecule has 1 rings (SSSR count). The van der Waals surface area contributed by atoms with Gasteiger partial charge in [-0.2, -0.15) is 0 Å². The van der Waals surface area contributed by atoms with Crippen molar-refractivity contribution in [2.75, 3.05) is 0 Å². The van der Waals surface area contributed by atoms with Crippen LogP contribution in [0, 0.1) is 0 Å². The number of pyridine rings is 1. The van der Waals surface area contributed by atoms with E-state index in [4.69, 9.17) is 5.11 Å². The molecule has 0 saturated heterocycles. The van der Waals surface area contributed by atoms with Crippen LogP contribution in [-0.2, 0) is 9.59 Å². The smallest absolute Gasteiger partial charge is 0.310 e. The predicted molar refractivity (Wildman–Crippen MR) is 42.6 cm³/mol.